The van der Waals surface area contributed by atoms with E-state index in [-0.39, 0.29) is 102 Å². The van der Waals surface area contributed by atoms with E-state index >= 15 is 0 Å². The Morgan fingerprint density at radius 1 is 0.243 bits per heavy atom. The largest absolute Gasteiger partial charge is 1.00 e. The number of imidazole rings is 6. The van der Waals surface area contributed by atoms with Crippen LogP contribution in [-0.4, -0.2) is 123 Å². The van der Waals surface area contributed by atoms with Crippen molar-refractivity contribution in [2.75, 3.05) is 0 Å². The van der Waals surface area contributed by atoms with E-state index in [0.29, 0.717) is 28.6 Å². The van der Waals surface area contributed by atoms with E-state index < -0.39 is 0 Å². The second-order valence-electron chi connectivity index (χ2n) is 23.0. The molecule has 12 nitrogen and oxygen atoms in total. The maximum atomic E-state index is 5.91. The van der Waals surface area contributed by atoms with Gasteiger partial charge in [-0.2, -0.15) is 0 Å². The predicted octanol–water partition coefficient (Wildman–Crippen LogP) is 12.7. The summed E-state index contributed by atoms with van der Waals surface area (Å²) in [4.78, 5) is 0. The molecule has 0 aliphatic heterocycles. The molecule has 0 bridgehead atoms. The second-order valence-corrected chi connectivity index (χ2v) is 25.2. The van der Waals surface area contributed by atoms with E-state index in [0.717, 1.165) is 0 Å². The molecule has 0 fully saturated rings. The molecular weight excluding hydrogens is 1370 g/mol. The predicted molar refractivity (Wildman–Crippen MR) is 311 cm³/mol. The summed E-state index contributed by atoms with van der Waals surface area (Å²) in [5.41, 5.74) is -0.807. The standard InChI is InChI=1S/2C21H33BN6S3.C6H6.2Tl/c2*1-19(2,3)23-10-13-26(16(23)29)22(27-14-11-24(17(27)30)20(4,5)6)28-15-12-25(18(28)31)21(7,8)9;1-2-4-6-5-3-1;;/h2*10-15H,1-9H3;1-6H;;/q2*-1;;2*+1. The van der Waals surface area contributed by atoms with Gasteiger partial charge < -0.3 is 54.3 Å². The fraction of sp³-hybridized carbons (Fsp3) is 0.500. The number of nitrogens with zero attached hydrogens (tertiary/aromatic N) is 12. The summed E-state index contributed by atoms with van der Waals surface area (Å²) in [5, 5.41) is 0. The van der Waals surface area contributed by atoms with Crippen molar-refractivity contribution in [3.8, 4) is 0 Å². The van der Waals surface area contributed by atoms with Gasteiger partial charge in [-0.15, -0.1) is 0 Å². The monoisotopic (exact) mass is 1440 g/mol. The molecule has 0 aliphatic carbocycles. The molecular formula is C48H72B2N12S6Tl2. The molecule has 0 atom stereocenters. The van der Waals surface area contributed by atoms with Crippen LogP contribution in [0, 0.1) is 28.6 Å². The van der Waals surface area contributed by atoms with Crippen LogP contribution in [-0.2, 0) is 33.2 Å². The van der Waals surface area contributed by atoms with Crippen molar-refractivity contribution in [3.05, 3.63) is 139 Å². The smallest absolute Gasteiger partial charge is 0.484 e. The van der Waals surface area contributed by atoms with Gasteiger partial charge >= 0.3 is 54.6 Å². The van der Waals surface area contributed by atoms with Gasteiger partial charge in [-0.1, -0.05) is 36.4 Å². The SMILES string of the molecule is CC(C)(C)n1ccn([B-](n2ccn(C(C)(C)C)c2=S)n2ccn(C(C)(C)C)c2=S)c1=S.CC(C)(C)n1ccn([B-](n2ccn(C(C)(C)C)c2=S)n2ccn(C(C)(C)C)c2=S)c1=S.[Tl+].[Tl+].c1ccccc1. The van der Waals surface area contributed by atoms with Crippen LogP contribution in [0.15, 0.2) is 111 Å². The number of benzene rings is 1. The Labute approximate surface area is 488 Å². The zero-order valence-corrected chi connectivity index (χ0v) is 58.4. The second kappa shape index (κ2) is 23.1. The Bertz CT molecular complexity index is 2660. The molecule has 0 unspecified atom stereocenters. The minimum atomic E-state index is -0.344. The van der Waals surface area contributed by atoms with E-state index in [4.69, 9.17) is 73.3 Å². The normalized spacial score (nSPS) is 12.5. The number of aromatic nitrogens is 12. The molecule has 70 heavy (non-hydrogen) atoms. The molecule has 1 aromatic carbocycles. The summed E-state index contributed by atoms with van der Waals surface area (Å²) in [6.07, 6.45) is 24.3. The number of hydrogen-bond acceptors (Lipinski definition) is 6. The number of hydrogen-bond donors (Lipinski definition) is 0. The quantitative estimate of drug-likeness (QED) is 0.122. The van der Waals surface area contributed by atoms with Crippen molar-refractivity contribution in [2.24, 2.45) is 0 Å². The molecule has 0 N–H and O–H groups in total. The van der Waals surface area contributed by atoms with Gasteiger partial charge in [0, 0.05) is 70.4 Å². The maximum absolute atomic E-state index is 5.91. The zero-order valence-electron chi connectivity index (χ0n) is 44.5. The first-order valence-corrected chi connectivity index (χ1v) is 25.3. The molecule has 0 amide bonds. The van der Waals surface area contributed by atoms with Gasteiger partial charge in [-0.3, -0.25) is 0 Å². The van der Waals surface area contributed by atoms with Crippen LogP contribution >= 0.6 is 73.3 Å². The van der Waals surface area contributed by atoms with E-state index in [2.05, 4.69) is 179 Å². The van der Waals surface area contributed by atoms with Crippen molar-refractivity contribution in [1.82, 2.24) is 54.3 Å². The molecule has 0 saturated heterocycles. The topological polar surface area (TPSA) is 59.2 Å². The van der Waals surface area contributed by atoms with Gasteiger partial charge in [0.1, 0.15) is 28.6 Å². The Morgan fingerprint density at radius 3 is 0.443 bits per heavy atom. The van der Waals surface area contributed by atoms with Crippen LogP contribution in [0.1, 0.15) is 125 Å². The van der Waals surface area contributed by atoms with Crippen LogP contribution in [0.25, 0.3) is 0 Å². The van der Waals surface area contributed by atoms with E-state index in [1.165, 1.54) is 0 Å². The van der Waals surface area contributed by atoms with E-state index in [1.54, 1.807) is 0 Å². The molecule has 6 heterocycles. The molecule has 6 aromatic heterocycles. The third-order valence-electron chi connectivity index (χ3n) is 11.3. The summed E-state index contributed by atoms with van der Waals surface area (Å²) in [6, 6.07) is 12.0. The third kappa shape index (κ3) is 13.7. The fourth-order valence-electron chi connectivity index (χ4n) is 7.65. The van der Waals surface area contributed by atoms with Gasteiger partial charge in [0.05, 0.1) is 0 Å². The van der Waals surface area contributed by atoms with Gasteiger partial charge in [-0.25, -0.2) is 0 Å². The van der Waals surface area contributed by atoms with Crippen LogP contribution in [0.3, 0.4) is 0 Å². The Balaban J connectivity index is 0.000000321. The van der Waals surface area contributed by atoms with Crippen molar-refractivity contribution in [3.63, 3.8) is 0 Å². The van der Waals surface area contributed by atoms with E-state index in [9.17, 15) is 0 Å². The number of rotatable bonds is 6. The minimum Gasteiger partial charge on any atom is -0.484 e. The van der Waals surface area contributed by atoms with Gasteiger partial charge in [0.15, 0.2) is 0 Å². The summed E-state index contributed by atoms with van der Waals surface area (Å²) < 4.78 is 29.3. The van der Waals surface area contributed by atoms with Crippen LogP contribution in [0.4, 0.5) is 0 Å². The van der Waals surface area contributed by atoms with Crippen LogP contribution in [0.2, 0.25) is 0 Å². The first-order chi connectivity index (χ1) is 31.1. The van der Waals surface area contributed by atoms with Crippen molar-refractivity contribution in [1.29, 1.82) is 0 Å². The summed E-state index contributed by atoms with van der Waals surface area (Å²) >= 11 is 35.5. The van der Waals surface area contributed by atoms with Gasteiger partial charge in [0.2, 0.25) is 14.2 Å². The molecule has 0 saturated carbocycles. The molecule has 7 aromatic rings. The van der Waals surface area contributed by atoms with Crippen molar-refractivity contribution < 1.29 is 0 Å². The maximum Gasteiger partial charge on any atom is 1.00 e. The zero-order chi connectivity index (χ0) is 51.3. The molecule has 2 radical (unpaired) electrons. The van der Waals surface area contributed by atoms with Gasteiger partial charge in [-0.05, 0) is 235 Å². The summed E-state index contributed by atoms with van der Waals surface area (Å²) in [6.45, 7) is 38.6. The van der Waals surface area contributed by atoms with Crippen LogP contribution in [0.5, 0.6) is 0 Å². The fourth-order valence-corrected chi connectivity index (χ4v) is 10.6. The Morgan fingerprint density at radius 2 is 0.357 bits per heavy atom. The first kappa shape index (κ1) is 62.1. The van der Waals surface area contributed by atoms with Crippen molar-refractivity contribution >= 4 is 142 Å². The third-order valence-corrected chi connectivity index (χ3v) is 13.8. The summed E-state index contributed by atoms with van der Waals surface area (Å²) in [5.74, 6) is 0. The molecule has 7 rings (SSSR count). The molecule has 0 spiro atoms. The Kier molecular flexibility index (Phi) is 20.5. The Hall–Kier alpha value is -2.23. The van der Waals surface area contributed by atoms with Crippen molar-refractivity contribution in [2.45, 2.75) is 158 Å². The molecule has 372 valence electrons. The summed E-state index contributed by atoms with van der Waals surface area (Å²) in [7, 11) is -0.688. The van der Waals surface area contributed by atoms with Crippen LogP contribution < -0.4 is 0 Å². The first-order valence-electron chi connectivity index (χ1n) is 22.9. The van der Waals surface area contributed by atoms with Gasteiger partial charge in [0.25, 0.3) is 0 Å². The average molecular weight is 1440 g/mol. The molecule has 0 aliphatic rings. The van der Waals surface area contributed by atoms with E-state index in [1.807, 2.05) is 111 Å². The minimum absolute atomic E-state index is 0. The molecule has 22 heteroatoms. The average Bonchev–Trinajstić information content (AvgIpc) is 4.06.